The van der Waals surface area contributed by atoms with Crippen molar-refractivity contribution in [3.63, 3.8) is 0 Å². The lowest BCUT2D eigenvalue weighted by Crippen LogP contribution is -2.12. The van der Waals surface area contributed by atoms with E-state index in [4.69, 9.17) is 18.9 Å². The molecule has 0 bridgehead atoms. The van der Waals surface area contributed by atoms with Crippen molar-refractivity contribution in [1.29, 1.82) is 0 Å². The molecule has 0 aromatic heterocycles. The van der Waals surface area contributed by atoms with Gasteiger partial charge in [-0.1, -0.05) is 12.1 Å². The summed E-state index contributed by atoms with van der Waals surface area (Å²) in [4.78, 5) is 0. The molecular formula is C19H21F3O4. The van der Waals surface area contributed by atoms with E-state index < -0.39 is 11.7 Å². The van der Waals surface area contributed by atoms with Crippen molar-refractivity contribution in [3.8, 4) is 17.2 Å². The van der Waals surface area contributed by atoms with Crippen molar-refractivity contribution in [1.82, 2.24) is 0 Å². The molecule has 26 heavy (non-hydrogen) atoms. The van der Waals surface area contributed by atoms with Crippen LogP contribution in [0.25, 0.3) is 0 Å². The van der Waals surface area contributed by atoms with Gasteiger partial charge in [0.05, 0.1) is 25.9 Å². The number of methoxy groups -OCH3 is 1. The average molecular weight is 370 g/mol. The Morgan fingerprint density at radius 2 is 1.58 bits per heavy atom. The molecule has 0 spiro atoms. The molecule has 0 aliphatic carbocycles. The second-order valence-electron chi connectivity index (χ2n) is 5.49. The van der Waals surface area contributed by atoms with Gasteiger partial charge in [0.25, 0.3) is 0 Å². The van der Waals surface area contributed by atoms with Crippen LogP contribution in [0.15, 0.2) is 42.5 Å². The van der Waals surface area contributed by atoms with Gasteiger partial charge in [-0.3, -0.25) is 0 Å². The molecule has 0 saturated heterocycles. The van der Waals surface area contributed by atoms with Gasteiger partial charge in [0.2, 0.25) is 0 Å². The molecule has 0 radical (unpaired) electrons. The Labute approximate surface area is 150 Å². The van der Waals surface area contributed by atoms with Gasteiger partial charge in [0.1, 0.15) is 19.0 Å². The van der Waals surface area contributed by atoms with Crippen LogP contribution in [0, 0.1) is 6.92 Å². The first kappa shape index (κ1) is 19.9. The molecule has 0 unspecified atom stereocenters. The van der Waals surface area contributed by atoms with Crippen molar-refractivity contribution in [2.24, 2.45) is 0 Å². The number of ether oxygens (including phenoxy) is 4. The summed E-state index contributed by atoms with van der Waals surface area (Å²) in [5, 5.41) is 0. The summed E-state index contributed by atoms with van der Waals surface area (Å²) in [7, 11) is 1.57. The van der Waals surface area contributed by atoms with Crippen LogP contribution in [-0.4, -0.2) is 33.5 Å². The zero-order chi connectivity index (χ0) is 19.0. The molecule has 2 rings (SSSR count). The van der Waals surface area contributed by atoms with Gasteiger partial charge in [-0.05, 0) is 42.8 Å². The molecule has 7 heteroatoms. The number of hydrogen-bond acceptors (Lipinski definition) is 4. The van der Waals surface area contributed by atoms with Gasteiger partial charge < -0.3 is 18.9 Å². The molecule has 0 amide bonds. The summed E-state index contributed by atoms with van der Waals surface area (Å²) >= 11 is 0. The number of aryl methyl sites for hydroxylation is 1. The lowest BCUT2D eigenvalue weighted by molar-refractivity contribution is -0.137. The highest BCUT2D eigenvalue weighted by Crippen LogP contribution is 2.31. The summed E-state index contributed by atoms with van der Waals surface area (Å²) < 4.78 is 59.3. The van der Waals surface area contributed by atoms with Crippen molar-refractivity contribution in [3.05, 3.63) is 53.6 Å². The maximum Gasteiger partial charge on any atom is 0.416 e. The van der Waals surface area contributed by atoms with E-state index in [0.717, 1.165) is 17.7 Å². The maximum atomic E-state index is 12.6. The molecule has 0 aliphatic rings. The highest BCUT2D eigenvalue weighted by atomic mass is 19.4. The van der Waals surface area contributed by atoms with E-state index in [9.17, 15) is 13.2 Å². The van der Waals surface area contributed by atoms with Crippen LogP contribution in [0.4, 0.5) is 13.2 Å². The first-order valence-corrected chi connectivity index (χ1v) is 8.05. The Bertz CT molecular complexity index is 701. The molecular weight excluding hydrogens is 349 g/mol. The summed E-state index contributed by atoms with van der Waals surface area (Å²) in [6.07, 6.45) is -4.38. The van der Waals surface area contributed by atoms with E-state index in [-0.39, 0.29) is 19.0 Å². The Morgan fingerprint density at radius 3 is 2.27 bits per heavy atom. The van der Waals surface area contributed by atoms with Crippen molar-refractivity contribution < 1.29 is 32.1 Å². The van der Waals surface area contributed by atoms with Crippen molar-refractivity contribution in [2.75, 3.05) is 33.5 Å². The minimum Gasteiger partial charge on any atom is -0.493 e. The lowest BCUT2D eigenvalue weighted by atomic mass is 10.2. The maximum absolute atomic E-state index is 12.6. The predicted octanol–water partition coefficient (Wildman–Crippen LogP) is 4.50. The minimum atomic E-state index is -4.38. The third-order valence-corrected chi connectivity index (χ3v) is 3.46. The van der Waals surface area contributed by atoms with Crippen LogP contribution in [-0.2, 0) is 10.9 Å². The van der Waals surface area contributed by atoms with Gasteiger partial charge in [0.15, 0.2) is 11.5 Å². The Kier molecular flexibility index (Phi) is 7.15. The van der Waals surface area contributed by atoms with Gasteiger partial charge in [0, 0.05) is 0 Å². The fourth-order valence-electron chi connectivity index (χ4n) is 2.19. The summed E-state index contributed by atoms with van der Waals surface area (Å²) in [6, 6.07) is 10.4. The first-order chi connectivity index (χ1) is 12.4. The van der Waals surface area contributed by atoms with E-state index in [2.05, 4.69) is 0 Å². The zero-order valence-corrected chi connectivity index (χ0v) is 14.6. The monoisotopic (exact) mass is 370 g/mol. The van der Waals surface area contributed by atoms with E-state index in [0.29, 0.717) is 24.7 Å². The number of hydrogen-bond donors (Lipinski definition) is 0. The Hall–Kier alpha value is -2.41. The second kappa shape index (κ2) is 9.33. The summed E-state index contributed by atoms with van der Waals surface area (Å²) in [5.74, 6) is 1.43. The second-order valence-corrected chi connectivity index (χ2v) is 5.49. The highest BCUT2D eigenvalue weighted by Gasteiger charge is 2.30. The number of halogens is 3. The molecule has 142 valence electrons. The predicted molar refractivity (Wildman–Crippen MR) is 91.0 cm³/mol. The number of benzene rings is 2. The Balaban J connectivity index is 1.66. The normalized spacial score (nSPS) is 11.3. The van der Waals surface area contributed by atoms with Crippen LogP contribution in [0.1, 0.15) is 11.1 Å². The molecule has 0 aliphatic heterocycles. The standard InChI is InChI=1S/C19H21F3O4/c1-14-6-7-17(18(12-14)23-2)26-11-9-24-8-10-25-16-5-3-4-15(13-16)19(20,21)22/h3-7,12-13H,8-11H2,1-2H3. The first-order valence-electron chi connectivity index (χ1n) is 8.05. The third kappa shape index (κ3) is 6.15. The third-order valence-electron chi connectivity index (χ3n) is 3.46. The average Bonchev–Trinajstić information content (AvgIpc) is 2.61. The van der Waals surface area contributed by atoms with Gasteiger partial charge >= 0.3 is 6.18 Å². The number of alkyl halides is 3. The zero-order valence-electron chi connectivity index (χ0n) is 14.6. The quantitative estimate of drug-likeness (QED) is 0.609. The van der Waals surface area contributed by atoms with Crippen LogP contribution < -0.4 is 14.2 Å². The topological polar surface area (TPSA) is 36.9 Å². The number of rotatable bonds is 9. The van der Waals surface area contributed by atoms with Gasteiger partial charge in [-0.2, -0.15) is 13.2 Å². The minimum absolute atomic E-state index is 0.148. The van der Waals surface area contributed by atoms with Crippen LogP contribution in [0.2, 0.25) is 0 Å². The molecule has 0 fully saturated rings. The largest absolute Gasteiger partial charge is 0.493 e. The fraction of sp³-hybridized carbons (Fsp3) is 0.368. The van der Waals surface area contributed by atoms with Gasteiger partial charge in [-0.15, -0.1) is 0 Å². The molecule has 2 aromatic rings. The smallest absolute Gasteiger partial charge is 0.416 e. The molecule has 0 saturated carbocycles. The van der Waals surface area contributed by atoms with Crippen molar-refractivity contribution >= 4 is 0 Å². The SMILES string of the molecule is COc1cc(C)ccc1OCCOCCOc1cccc(C(F)(F)F)c1. The highest BCUT2D eigenvalue weighted by molar-refractivity contribution is 5.42. The fourth-order valence-corrected chi connectivity index (χ4v) is 2.19. The molecule has 0 heterocycles. The van der Waals surface area contributed by atoms with E-state index in [1.54, 1.807) is 7.11 Å². The summed E-state index contributed by atoms with van der Waals surface area (Å²) in [5.41, 5.74) is 0.327. The molecule has 2 aromatic carbocycles. The van der Waals surface area contributed by atoms with Crippen LogP contribution >= 0.6 is 0 Å². The summed E-state index contributed by atoms with van der Waals surface area (Å²) in [6.45, 7) is 2.99. The molecule has 0 atom stereocenters. The molecule has 4 nitrogen and oxygen atoms in total. The van der Waals surface area contributed by atoms with Crippen LogP contribution in [0.5, 0.6) is 17.2 Å². The van der Waals surface area contributed by atoms with Crippen molar-refractivity contribution in [2.45, 2.75) is 13.1 Å². The van der Waals surface area contributed by atoms with E-state index >= 15 is 0 Å². The van der Waals surface area contributed by atoms with E-state index in [1.165, 1.54) is 12.1 Å². The van der Waals surface area contributed by atoms with Gasteiger partial charge in [-0.25, -0.2) is 0 Å². The molecule has 0 N–H and O–H groups in total. The van der Waals surface area contributed by atoms with E-state index in [1.807, 2.05) is 25.1 Å². The lowest BCUT2D eigenvalue weighted by Gasteiger charge is -2.12. The Morgan fingerprint density at radius 1 is 0.846 bits per heavy atom. The van der Waals surface area contributed by atoms with Crippen LogP contribution in [0.3, 0.4) is 0 Å².